The molecule has 0 spiro atoms. The van der Waals surface area contributed by atoms with Crippen LogP contribution in [0.1, 0.15) is 53.9 Å². The van der Waals surface area contributed by atoms with Gasteiger partial charge in [-0.25, -0.2) is 24.2 Å². The molecule has 2 heterocycles. The van der Waals surface area contributed by atoms with E-state index in [4.69, 9.17) is 47.4 Å². The maximum Gasteiger partial charge on any atom is 0.407 e. The number of ether oxygens (including phenoxy) is 10. The highest BCUT2D eigenvalue weighted by molar-refractivity contribution is 7.98. The van der Waals surface area contributed by atoms with Crippen molar-refractivity contribution in [3.63, 3.8) is 0 Å². The Hall–Kier alpha value is -4.11. The Morgan fingerprint density at radius 1 is 0.701 bits per heavy atom. The average molecular weight is 975 g/mol. The van der Waals surface area contributed by atoms with Gasteiger partial charge in [0.15, 0.2) is 5.16 Å². The second-order valence-electron chi connectivity index (χ2n) is 15.9. The van der Waals surface area contributed by atoms with Crippen LogP contribution >= 0.6 is 11.8 Å². The molecule has 0 unspecified atom stereocenters. The summed E-state index contributed by atoms with van der Waals surface area (Å²) in [5.41, 5.74) is 0.901. The molecule has 0 saturated heterocycles. The number of thioether (sulfide) groups is 1. The van der Waals surface area contributed by atoms with Gasteiger partial charge in [0, 0.05) is 24.5 Å². The number of carboxylic acid groups (broad SMARTS) is 1. The van der Waals surface area contributed by atoms with Gasteiger partial charge in [-0.1, -0.05) is 30.8 Å². The van der Waals surface area contributed by atoms with Crippen molar-refractivity contribution >= 4 is 35.6 Å². The van der Waals surface area contributed by atoms with E-state index in [2.05, 4.69) is 36.2 Å². The number of hydrogen-bond acceptors (Lipinski definition) is 19. The lowest BCUT2D eigenvalue weighted by molar-refractivity contribution is -0.142. The number of aliphatic carboxylic acids is 1. The first-order valence-corrected chi connectivity index (χ1v) is 23.8. The summed E-state index contributed by atoms with van der Waals surface area (Å²) in [4.78, 5) is 57.5. The Balaban J connectivity index is 1.31. The predicted molar refractivity (Wildman–Crippen MR) is 245 cm³/mol. The van der Waals surface area contributed by atoms with Crippen LogP contribution in [0.5, 0.6) is 0 Å². The maximum absolute atomic E-state index is 12.9. The highest BCUT2D eigenvalue weighted by Gasteiger charge is 2.28. The molecular weight excluding hydrogens is 901 g/mol. The first-order chi connectivity index (χ1) is 32.3. The van der Waals surface area contributed by atoms with Crippen LogP contribution in [0, 0.1) is 5.92 Å². The molecule has 24 heteroatoms. The summed E-state index contributed by atoms with van der Waals surface area (Å²) in [6, 6.07) is -2.12. The van der Waals surface area contributed by atoms with Crippen LogP contribution in [0.2, 0.25) is 0 Å². The number of carbonyl (C=O) groups is 4. The van der Waals surface area contributed by atoms with E-state index in [-0.39, 0.29) is 32.2 Å². The number of carboxylic acids is 1. The second kappa shape index (κ2) is 36.9. The highest BCUT2D eigenvalue weighted by Crippen LogP contribution is 2.16. The molecule has 67 heavy (non-hydrogen) atoms. The minimum absolute atomic E-state index is 0.144. The number of alkyl carbamates (subject to hydrolysis) is 1. The predicted octanol–water partition coefficient (Wildman–Crippen LogP) is 2.01. The Bertz CT molecular complexity index is 1620. The molecule has 2 aromatic heterocycles. The first-order valence-electron chi connectivity index (χ1n) is 22.5. The summed E-state index contributed by atoms with van der Waals surface area (Å²) in [5, 5.41) is 26.4. The number of nitrogens with zero attached hydrogens (tertiary/aromatic N) is 5. The minimum Gasteiger partial charge on any atom is -0.480 e. The topological polar surface area (TPSA) is 273 Å². The molecule has 0 radical (unpaired) electrons. The quantitative estimate of drug-likeness (QED) is 0.0421. The molecule has 0 bridgehead atoms. The molecular formula is C43H74N8O15S. The largest absolute Gasteiger partial charge is 0.480 e. The van der Waals surface area contributed by atoms with Gasteiger partial charge in [-0.15, -0.1) is 5.10 Å². The number of carbonyl (C=O) groups excluding carboxylic acids is 3. The Labute approximate surface area is 398 Å². The molecule has 0 aliphatic rings. The van der Waals surface area contributed by atoms with E-state index < -0.39 is 41.6 Å². The summed E-state index contributed by atoms with van der Waals surface area (Å²) in [5.74, 6) is -2.64. The standard InChI is InChI=1S/C43H74N8O15S/c1-33(2)38(39(53)47-35(40(54)55)9-7-8-10-44-42(56)66-43(3,4)5)48-37(52)32-65-28-27-64-26-25-63-24-23-62-22-21-61-20-19-60-18-17-59-16-15-58-14-13-57-12-11-51-31-36(49-50-51)34-29-45-41(67-6)46-30-34/h29-31,33,35,38H,7-28,32H2,1-6H3,(H,44,56)(H,47,53)(H,48,52)(H,54,55)/t35-,38-/m0/s1. The van der Waals surface area contributed by atoms with Crippen molar-refractivity contribution in [3.8, 4) is 11.3 Å². The molecule has 382 valence electrons. The minimum atomic E-state index is -1.20. The van der Waals surface area contributed by atoms with Gasteiger partial charge in [0.25, 0.3) is 0 Å². The zero-order valence-electron chi connectivity index (χ0n) is 40.0. The van der Waals surface area contributed by atoms with E-state index in [1.54, 1.807) is 51.7 Å². The number of rotatable bonds is 41. The first kappa shape index (κ1) is 59.0. The molecule has 0 aliphatic heterocycles. The van der Waals surface area contributed by atoms with Crippen molar-refractivity contribution in [3.05, 3.63) is 18.6 Å². The molecule has 0 fully saturated rings. The van der Waals surface area contributed by atoms with Crippen LogP contribution in [0.3, 0.4) is 0 Å². The Kier molecular flexibility index (Phi) is 32.5. The van der Waals surface area contributed by atoms with Crippen molar-refractivity contribution in [1.29, 1.82) is 0 Å². The maximum atomic E-state index is 12.9. The molecule has 2 rings (SSSR count). The fourth-order valence-electron chi connectivity index (χ4n) is 5.42. The summed E-state index contributed by atoms with van der Waals surface area (Å²) < 4.78 is 56.4. The van der Waals surface area contributed by atoms with Crippen LogP contribution in [0.15, 0.2) is 23.7 Å². The van der Waals surface area contributed by atoms with E-state index >= 15 is 0 Å². The van der Waals surface area contributed by atoms with Crippen molar-refractivity contribution in [1.82, 2.24) is 40.9 Å². The van der Waals surface area contributed by atoms with Crippen molar-refractivity contribution in [2.75, 3.05) is 132 Å². The summed E-state index contributed by atoms with van der Waals surface area (Å²) >= 11 is 1.48. The van der Waals surface area contributed by atoms with Gasteiger partial charge in [-0.2, -0.15) is 0 Å². The zero-order chi connectivity index (χ0) is 49.0. The SMILES string of the molecule is CSc1ncc(-c2cn(CCOCCOCCOCCOCCOCCOCCOCCOCCOCC(=O)N[C@H](C(=O)N[C@@H](CCCCNC(=O)OC(C)(C)C)C(=O)O)C(C)C)nn2)cn1. The Morgan fingerprint density at radius 2 is 1.18 bits per heavy atom. The third-order valence-corrected chi connectivity index (χ3v) is 9.36. The summed E-state index contributed by atoms with van der Waals surface area (Å²) in [6.07, 6.45) is 7.73. The van der Waals surface area contributed by atoms with Gasteiger partial charge < -0.3 is 68.4 Å². The van der Waals surface area contributed by atoms with E-state index in [0.717, 1.165) is 5.56 Å². The van der Waals surface area contributed by atoms with Gasteiger partial charge in [-0.05, 0) is 52.2 Å². The number of hydrogen-bond donors (Lipinski definition) is 4. The molecule has 3 amide bonds. The molecule has 0 saturated carbocycles. The summed E-state index contributed by atoms with van der Waals surface area (Å²) in [6.45, 7) is 16.2. The lowest BCUT2D eigenvalue weighted by Gasteiger charge is -2.24. The molecule has 2 atom stereocenters. The molecule has 0 aromatic carbocycles. The van der Waals surface area contributed by atoms with Gasteiger partial charge in [0.05, 0.1) is 125 Å². The van der Waals surface area contributed by atoms with E-state index in [0.29, 0.717) is 136 Å². The third-order valence-electron chi connectivity index (χ3n) is 8.79. The van der Waals surface area contributed by atoms with Gasteiger partial charge in [0.1, 0.15) is 30.0 Å². The fourth-order valence-corrected chi connectivity index (χ4v) is 5.74. The van der Waals surface area contributed by atoms with Crippen molar-refractivity contribution in [2.45, 2.75) is 83.3 Å². The van der Waals surface area contributed by atoms with Crippen LogP contribution < -0.4 is 16.0 Å². The summed E-state index contributed by atoms with van der Waals surface area (Å²) in [7, 11) is 0. The lowest BCUT2D eigenvalue weighted by atomic mass is 10.0. The molecule has 4 N–H and O–H groups in total. The number of unbranched alkanes of at least 4 members (excludes halogenated alkanes) is 1. The van der Waals surface area contributed by atoms with Gasteiger partial charge in [0.2, 0.25) is 11.8 Å². The van der Waals surface area contributed by atoms with E-state index in [1.807, 2.05) is 12.5 Å². The fraction of sp³-hybridized carbons (Fsp3) is 0.767. The molecule has 23 nitrogen and oxygen atoms in total. The van der Waals surface area contributed by atoms with E-state index in [9.17, 15) is 24.3 Å². The van der Waals surface area contributed by atoms with Crippen LogP contribution in [0.25, 0.3) is 11.3 Å². The third kappa shape index (κ3) is 30.8. The second-order valence-corrected chi connectivity index (χ2v) is 16.7. The van der Waals surface area contributed by atoms with Crippen LogP contribution in [-0.4, -0.2) is 203 Å². The molecule has 0 aliphatic carbocycles. The zero-order valence-corrected chi connectivity index (χ0v) is 40.9. The van der Waals surface area contributed by atoms with Crippen LogP contribution in [0.4, 0.5) is 4.79 Å². The van der Waals surface area contributed by atoms with Crippen molar-refractivity contribution in [2.24, 2.45) is 5.92 Å². The number of nitrogens with one attached hydrogen (secondary N) is 3. The Morgan fingerprint density at radius 3 is 1.63 bits per heavy atom. The van der Waals surface area contributed by atoms with Crippen LogP contribution in [-0.2, 0) is 68.3 Å². The van der Waals surface area contributed by atoms with Gasteiger partial charge in [-0.3, -0.25) is 9.59 Å². The van der Waals surface area contributed by atoms with Crippen molar-refractivity contribution < 1.29 is 71.7 Å². The highest BCUT2D eigenvalue weighted by atomic mass is 32.2. The number of aromatic nitrogens is 5. The smallest absolute Gasteiger partial charge is 0.407 e. The average Bonchev–Trinajstić information content (AvgIpc) is 3.76. The normalized spacial score (nSPS) is 12.5. The number of amides is 3. The molecule has 2 aromatic rings. The lowest BCUT2D eigenvalue weighted by Crippen LogP contribution is -2.54. The monoisotopic (exact) mass is 974 g/mol. The van der Waals surface area contributed by atoms with Gasteiger partial charge >= 0.3 is 12.1 Å². The van der Waals surface area contributed by atoms with E-state index in [1.165, 1.54) is 11.8 Å².